The van der Waals surface area contributed by atoms with Crippen molar-refractivity contribution < 1.29 is 14.6 Å². The largest absolute Gasteiger partial charge is 0.444 e. The quantitative estimate of drug-likeness (QED) is 0.717. The lowest BCUT2D eigenvalue weighted by atomic mass is 9.80. The predicted octanol–water partition coefficient (Wildman–Crippen LogP) is 1.87. The van der Waals surface area contributed by atoms with Crippen LogP contribution in [-0.2, 0) is 4.74 Å². The molecule has 1 amide bonds. The second-order valence-corrected chi connectivity index (χ2v) is 7.18. The van der Waals surface area contributed by atoms with Crippen molar-refractivity contribution in [2.24, 2.45) is 23.7 Å². The lowest BCUT2D eigenvalue weighted by molar-refractivity contribution is 0.0269. The number of rotatable bonds is 0. The Kier molecular flexibility index (Phi) is 2.63. The molecule has 18 heavy (non-hydrogen) atoms. The fraction of sp³-hybridized carbons (Fsp3) is 0.929. The molecule has 0 aromatic heterocycles. The molecule has 0 aromatic rings. The van der Waals surface area contributed by atoms with Crippen LogP contribution in [0.5, 0.6) is 0 Å². The van der Waals surface area contributed by atoms with E-state index in [0.717, 1.165) is 19.5 Å². The maximum atomic E-state index is 12.0. The standard InChI is InChI=1S/C14H23NO3/c1-14(2,3)18-13(17)15-6-10-8-4-9(11(10)7-15)12(16)5-8/h8-12,16H,4-7H2,1-3H3/t8-,9-,10+,11-,12+/m0/s1. The molecule has 0 radical (unpaired) electrons. The van der Waals surface area contributed by atoms with Crippen molar-refractivity contribution in [2.45, 2.75) is 45.3 Å². The predicted molar refractivity (Wildman–Crippen MR) is 67.0 cm³/mol. The highest BCUT2D eigenvalue weighted by atomic mass is 16.6. The summed E-state index contributed by atoms with van der Waals surface area (Å²) < 4.78 is 5.43. The van der Waals surface area contributed by atoms with Crippen LogP contribution in [0.4, 0.5) is 4.79 Å². The summed E-state index contributed by atoms with van der Waals surface area (Å²) in [5, 5.41) is 9.94. The molecule has 2 aliphatic carbocycles. The van der Waals surface area contributed by atoms with Gasteiger partial charge in [-0.15, -0.1) is 0 Å². The van der Waals surface area contributed by atoms with Crippen LogP contribution in [0.3, 0.4) is 0 Å². The molecule has 4 heteroatoms. The maximum absolute atomic E-state index is 12.0. The van der Waals surface area contributed by atoms with Gasteiger partial charge in [0.15, 0.2) is 0 Å². The molecule has 0 spiro atoms. The summed E-state index contributed by atoms with van der Waals surface area (Å²) >= 11 is 0. The molecule has 2 bridgehead atoms. The first kappa shape index (κ1) is 12.3. The molecule has 5 atom stereocenters. The number of hydrogen-bond acceptors (Lipinski definition) is 3. The van der Waals surface area contributed by atoms with Gasteiger partial charge < -0.3 is 14.7 Å². The first-order chi connectivity index (χ1) is 8.35. The Balaban J connectivity index is 1.65. The molecule has 4 nitrogen and oxygen atoms in total. The number of ether oxygens (including phenoxy) is 1. The van der Waals surface area contributed by atoms with Gasteiger partial charge in [0.2, 0.25) is 0 Å². The van der Waals surface area contributed by atoms with Crippen LogP contribution in [0, 0.1) is 23.7 Å². The number of nitrogens with zero attached hydrogens (tertiary/aromatic N) is 1. The van der Waals surface area contributed by atoms with Crippen LogP contribution < -0.4 is 0 Å². The van der Waals surface area contributed by atoms with Crippen LogP contribution in [-0.4, -0.2) is 40.9 Å². The van der Waals surface area contributed by atoms with E-state index in [-0.39, 0.29) is 12.2 Å². The third-order valence-electron chi connectivity index (χ3n) is 4.83. The fourth-order valence-corrected chi connectivity index (χ4v) is 4.18. The molecule has 102 valence electrons. The smallest absolute Gasteiger partial charge is 0.410 e. The van der Waals surface area contributed by atoms with Crippen molar-refractivity contribution in [3.63, 3.8) is 0 Å². The summed E-state index contributed by atoms with van der Waals surface area (Å²) in [5.41, 5.74) is -0.423. The monoisotopic (exact) mass is 253 g/mol. The Bertz CT molecular complexity index is 363. The number of amides is 1. The zero-order valence-corrected chi connectivity index (χ0v) is 11.4. The highest BCUT2D eigenvalue weighted by Gasteiger charge is 2.56. The third-order valence-corrected chi connectivity index (χ3v) is 4.83. The van der Waals surface area contributed by atoms with Crippen LogP contribution in [0.2, 0.25) is 0 Å². The third kappa shape index (κ3) is 1.91. The minimum absolute atomic E-state index is 0.130. The van der Waals surface area contributed by atoms with E-state index in [0.29, 0.717) is 23.7 Å². The molecule has 1 heterocycles. The Morgan fingerprint density at radius 1 is 1.17 bits per heavy atom. The van der Waals surface area contributed by atoms with E-state index in [1.807, 2.05) is 25.7 Å². The summed E-state index contributed by atoms with van der Waals surface area (Å²) in [6, 6.07) is 0. The first-order valence-corrected chi connectivity index (χ1v) is 7.01. The molecular weight excluding hydrogens is 230 g/mol. The number of carbonyl (C=O) groups is 1. The minimum Gasteiger partial charge on any atom is -0.444 e. The average Bonchev–Trinajstić information content (AvgIpc) is 2.82. The highest BCUT2D eigenvalue weighted by Crippen LogP contribution is 2.55. The molecular formula is C14H23NO3. The van der Waals surface area contributed by atoms with E-state index in [1.54, 1.807) is 0 Å². The SMILES string of the molecule is CC(C)(C)OC(=O)N1C[C@@H]2[C@H](C1)[C@H]1C[C@@H]2[C@H](O)C1. The number of hydrogen-bond donors (Lipinski definition) is 1. The summed E-state index contributed by atoms with van der Waals surface area (Å²) in [6.45, 7) is 7.30. The van der Waals surface area contributed by atoms with Crippen molar-refractivity contribution >= 4 is 6.09 Å². The van der Waals surface area contributed by atoms with E-state index in [1.165, 1.54) is 6.42 Å². The van der Waals surface area contributed by atoms with Crippen molar-refractivity contribution in [3.8, 4) is 0 Å². The van der Waals surface area contributed by atoms with Gasteiger partial charge >= 0.3 is 6.09 Å². The van der Waals surface area contributed by atoms with Crippen molar-refractivity contribution in [1.29, 1.82) is 0 Å². The van der Waals surface area contributed by atoms with Gasteiger partial charge in [-0.25, -0.2) is 4.79 Å². The lowest BCUT2D eigenvalue weighted by Crippen LogP contribution is -2.36. The molecule has 1 aliphatic heterocycles. The lowest BCUT2D eigenvalue weighted by Gasteiger charge is -2.26. The normalized spacial score (nSPS) is 42.2. The molecule has 0 unspecified atom stereocenters. The van der Waals surface area contributed by atoms with Crippen LogP contribution in [0.1, 0.15) is 33.6 Å². The van der Waals surface area contributed by atoms with E-state index < -0.39 is 5.60 Å². The van der Waals surface area contributed by atoms with Gasteiger partial charge in [-0.05, 0) is 57.3 Å². The highest BCUT2D eigenvalue weighted by molar-refractivity contribution is 5.68. The van der Waals surface area contributed by atoms with Crippen molar-refractivity contribution in [1.82, 2.24) is 4.90 Å². The Hall–Kier alpha value is -0.770. The number of aliphatic hydroxyl groups excluding tert-OH is 1. The number of aliphatic hydroxyl groups is 1. The molecule has 3 aliphatic rings. The zero-order chi connectivity index (χ0) is 13.1. The van der Waals surface area contributed by atoms with Crippen LogP contribution in [0.25, 0.3) is 0 Å². The van der Waals surface area contributed by atoms with E-state index >= 15 is 0 Å². The number of likely N-dealkylation sites (tertiary alicyclic amines) is 1. The summed E-state index contributed by atoms with van der Waals surface area (Å²) in [4.78, 5) is 13.9. The summed E-state index contributed by atoms with van der Waals surface area (Å²) in [7, 11) is 0. The molecule has 1 N–H and O–H groups in total. The molecule has 3 fully saturated rings. The van der Waals surface area contributed by atoms with Gasteiger partial charge in [0.25, 0.3) is 0 Å². The fourth-order valence-electron chi connectivity index (χ4n) is 4.18. The van der Waals surface area contributed by atoms with Gasteiger partial charge in [-0.1, -0.05) is 0 Å². The molecule has 3 rings (SSSR count). The van der Waals surface area contributed by atoms with E-state index in [2.05, 4.69) is 0 Å². The Morgan fingerprint density at radius 2 is 1.83 bits per heavy atom. The second kappa shape index (κ2) is 3.86. The number of fused-ring (bicyclic) bond motifs is 5. The minimum atomic E-state index is -0.423. The topological polar surface area (TPSA) is 49.8 Å². The van der Waals surface area contributed by atoms with Gasteiger partial charge in [-0.3, -0.25) is 0 Å². The zero-order valence-electron chi connectivity index (χ0n) is 11.4. The summed E-state index contributed by atoms with van der Waals surface area (Å²) in [6.07, 6.45) is 1.78. The molecule has 0 aromatic carbocycles. The van der Waals surface area contributed by atoms with Crippen molar-refractivity contribution in [2.75, 3.05) is 13.1 Å². The maximum Gasteiger partial charge on any atom is 0.410 e. The van der Waals surface area contributed by atoms with Crippen LogP contribution in [0.15, 0.2) is 0 Å². The van der Waals surface area contributed by atoms with Crippen LogP contribution >= 0.6 is 0 Å². The van der Waals surface area contributed by atoms with Gasteiger partial charge in [0, 0.05) is 13.1 Å². The molecule has 1 saturated heterocycles. The van der Waals surface area contributed by atoms with E-state index in [9.17, 15) is 9.90 Å². The van der Waals surface area contributed by atoms with Gasteiger partial charge in [0.05, 0.1) is 6.10 Å². The van der Waals surface area contributed by atoms with Gasteiger partial charge in [0.1, 0.15) is 5.60 Å². The Morgan fingerprint density at radius 3 is 2.50 bits per heavy atom. The first-order valence-electron chi connectivity index (χ1n) is 7.01. The van der Waals surface area contributed by atoms with Crippen molar-refractivity contribution in [3.05, 3.63) is 0 Å². The molecule has 2 saturated carbocycles. The summed E-state index contributed by atoms with van der Waals surface area (Å²) in [5.74, 6) is 2.16. The number of carbonyl (C=O) groups excluding carboxylic acids is 1. The van der Waals surface area contributed by atoms with E-state index in [4.69, 9.17) is 4.74 Å². The average molecular weight is 253 g/mol. The Labute approximate surface area is 108 Å². The second-order valence-electron chi connectivity index (χ2n) is 7.18. The van der Waals surface area contributed by atoms with Gasteiger partial charge in [-0.2, -0.15) is 0 Å².